The minimum absolute atomic E-state index is 0.674. The van der Waals surface area contributed by atoms with Gasteiger partial charge in [-0.25, -0.2) is 0 Å². The second-order valence-corrected chi connectivity index (χ2v) is 21.1. The highest BCUT2D eigenvalue weighted by molar-refractivity contribution is 6.95. The summed E-state index contributed by atoms with van der Waals surface area (Å²) in [6.07, 6.45) is 2.27. The molecule has 0 aromatic heterocycles. The number of rotatable bonds is 3. The molecule has 0 saturated carbocycles. The highest BCUT2D eigenvalue weighted by Crippen LogP contribution is 2.43. The second-order valence-electron chi connectivity index (χ2n) is 9.55. The molecule has 0 bridgehead atoms. The Kier molecular flexibility index (Phi) is 5.28. The van der Waals surface area contributed by atoms with Crippen LogP contribution in [0, 0.1) is 6.92 Å². The van der Waals surface area contributed by atoms with Gasteiger partial charge in [-0.2, -0.15) is 0 Å². The maximum atomic E-state index is 6.61. The lowest BCUT2D eigenvalue weighted by Crippen LogP contribution is -2.78. The average Bonchev–Trinajstić information content (AvgIpc) is 2.51. The van der Waals surface area contributed by atoms with E-state index in [4.69, 9.17) is 23.2 Å². The number of hydrogen-bond acceptors (Lipinski definition) is 0. The van der Waals surface area contributed by atoms with Gasteiger partial charge in [0.05, 0.1) is 5.56 Å². The minimum Gasteiger partial charge on any atom is -0.355 e. The van der Waals surface area contributed by atoms with Crippen molar-refractivity contribution in [2.45, 2.75) is 46.2 Å². The van der Waals surface area contributed by atoms with E-state index >= 15 is 0 Å². The molecule has 0 fully saturated rings. The first-order valence-electron chi connectivity index (χ1n) is 9.43. The molecule has 0 radical (unpaired) electrons. The predicted molar refractivity (Wildman–Crippen MR) is 126 cm³/mol. The standard InChI is InChI=1S/C21H30Cl2N2Si2/c1-16-8-11-21-17(12-16)14-24(20-10-9-18(22)13-19(20)23)15-25(21,26(2,3)4)27(5,6)7/h8-14H,15H2,1-7H3/q+2. The fraction of sp³-hybridized carbons (Fsp3) is 0.381. The molecule has 1 heterocycles. The summed E-state index contributed by atoms with van der Waals surface area (Å²) >= 11 is 12.8. The van der Waals surface area contributed by atoms with Gasteiger partial charge in [-0.1, -0.05) is 29.3 Å². The van der Waals surface area contributed by atoms with Crippen LogP contribution in [0.25, 0.3) is 0 Å². The van der Waals surface area contributed by atoms with Gasteiger partial charge in [-0.3, -0.25) is 0 Å². The summed E-state index contributed by atoms with van der Waals surface area (Å²) < 4.78 is 3.46. The molecule has 0 aliphatic carbocycles. The SMILES string of the molecule is Cc1ccc2c(c1)C=[N+](c1ccc(Cl)cc1Cl)C[N+]2([Si](C)(C)C)[Si](C)(C)C. The number of nitrogens with zero attached hydrogens (tertiary/aromatic N) is 2. The number of quaternary nitrogens is 1. The van der Waals surface area contributed by atoms with Crippen LogP contribution >= 0.6 is 23.2 Å². The third kappa shape index (κ3) is 3.47. The normalized spacial score (nSPS) is 16.7. The van der Waals surface area contributed by atoms with Gasteiger partial charge in [0.25, 0.3) is 16.5 Å². The van der Waals surface area contributed by atoms with E-state index in [1.807, 2.05) is 18.2 Å². The van der Waals surface area contributed by atoms with Gasteiger partial charge in [-0.05, 0) is 76.0 Å². The molecule has 2 aromatic carbocycles. The van der Waals surface area contributed by atoms with E-state index in [0.29, 0.717) is 10.0 Å². The first kappa shape index (κ1) is 20.8. The van der Waals surface area contributed by atoms with Crippen LogP contribution in [-0.4, -0.2) is 33.9 Å². The molecule has 0 unspecified atom stereocenters. The molecule has 6 heteroatoms. The zero-order valence-electron chi connectivity index (χ0n) is 17.4. The average molecular weight is 438 g/mol. The van der Waals surface area contributed by atoms with Crippen LogP contribution in [0.5, 0.6) is 0 Å². The summed E-state index contributed by atoms with van der Waals surface area (Å²) in [6, 6.07) is 12.8. The number of benzene rings is 2. The van der Waals surface area contributed by atoms with Crippen molar-refractivity contribution in [3.8, 4) is 0 Å². The van der Waals surface area contributed by atoms with Crippen molar-refractivity contribution in [2.75, 3.05) is 6.67 Å². The zero-order valence-corrected chi connectivity index (χ0v) is 20.9. The highest BCUT2D eigenvalue weighted by Gasteiger charge is 2.58. The molecular formula is C21H30Cl2N2Si2+2. The molecule has 2 aromatic rings. The third-order valence-corrected chi connectivity index (χ3v) is 15.7. The van der Waals surface area contributed by atoms with Crippen molar-refractivity contribution in [3.05, 3.63) is 57.6 Å². The quantitative estimate of drug-likeness (QED) is 0.359. The van der Waals surface area contributed by atoms with E-state index in [2.05, 4.69) is 75.2 Å². The Morgan fingerprint density at radius 2 is 1.52 bits per heavy atom. The van der Waals surface area contributed by atoms with Crippen molar-refractivity contribution in [2.24, 2.45) is 0 Å². The molecule has 1 aliphatic heterocycles. The van der Waals surface area contributed by atoms with E-state index in [9.17, 15) is 0 Å². The number of aryl methyl sites for hydroxylation is 1. The van der Waals surface area contributed by atoms with Gasteiger partial charge < -0.3 is 3.81 Å². The van der Waals surface area contributed by atoms with Crippen LogP contribution in [0.1, 0.15) is 11.1 Å². The summed E-state index contributed by atoms with van der Waals surface area (Å²) in [5, 5.41) is 1.38. The van der Waals surface area contributed by atoms with Crippen LogP contribution < -0.4 is 3.81 Å². The summed E-state index contributed by atoms with van der Waals surface area (Å²) in [4.78, 5) is 0. The molecule has 0 saturated heterocycles. The van der Waals surface area contributed by atoms with Crippen LogP contribution in [0.4, 0.5) is 11.4 Å². The van der Waals surface area contributed by atoms with Gasteiger partial charge in [0.15, 0.2) is 6.21 Å². The van der Waals surface area contributed by atoms with Crippen molar-refractivity contribution in [3.63, 3.8) is 0 Å². The van der Waals surface area contributed by atoms with Crippen molar-refractivity contribution in [1.29, 1.82) is 0 Å². The number of fused-ring (bicyclic) bond motifs is 1. The highest BCUT2D eigenvalue weighted by atomic mass is 35.5. The molecule has 0 amide bonds. The van der Waals surface area contributed by atoms with Gasteiger partial charge in [0, 0.05) is 11.1 Å². The van der Waals surface area contributed by atoms with Crippen LogP contribution in [0.15, 0.2) is 36.4 Å². The molecule has 2 nitrogen and oxygen atoms in total. The van der Waals surface area contributed by atoms with E-state index in [-0.39, 0.29) is 0 Å². The number of hydrogen-bond donors (Lipinski definition) is 0. The monoisotopic (exact) mass is 436 g/mol. The third-order valence-electron chi connectivity index (χ3n) is 5.76. The van der Waals surface area contributed by atoms with Gasteiger partial charge in [0.1, 0.15) is 10.7 Å². The van der Waals surface area contributed by atoms with Gasteiger partial charge in [-0.15, -0.1) is 4.58 Å². The lowest BCUT2D eigenvalue weighted by molar-refractivity contribution is -0.450. The molecule has 3 rings (SSSR count). The van der Waals surface area contributed by atoms with Crippen LogP contribution in [0.3, 0.4) is 0 Å². The second kappa shape index (κ2) is 6.85. The summed E-state index contributed by atoms with van der Waals surface area (Å²) in [5.41, 5.74) is 5.13. The summed E-state index contributed by atoms with van der Waals surface area (Å²) in [5.74, 6) is 0. The Bertz CT molecular complexity index is 911. The van der Waals surface area contributed by atoms with Crippen LogP contribution in [0.2, 0.25) is 49.3 Å². The Labute approximate surface area is 175 Å². The summed E-state index contributed by atoms with van der Waals surface area (Å²) in [6.45, 7) is 18.1. The lowest BCUT2D eigenvalue weighted by atomic mass is 10.1. The van der Waals surface area contributed by atoms with E-state index in [1.165, 1.54) is 16.8 Å². The van der Waals surface area contributed by atoms with Crippen molar-refractivity contribution < 1.29 is 4.58 Å². The maximum absolute atomic E-state index is 6.61. The zero-order chi connectivity index (χ0) is 20.2. The van der Waals surface area contributed by atoms with Crippen molar-refractivity contribution >= 4 is 57.3 Å². The van der Waals surface area contributed by atoms with Gasteiger partial charge in [0.2, 0.25) is 12.4 Å². The number of halogens is 2. The van der Waals surface area contributed by atoms with E-state index in [1.54, 1.807) is 0 Å². The van der Waals surface area contributed by atoms with E-state index < -0.39 is 16.5 Å². The fourth-order valence-corrected chi connectivity index (χ4v) is 16.2. The smallest absolute Gasteiger partial charge is 0.269 e. The molecule has 0 N–H and O–H groups in total. The first-order chi connectivity index (χ1) is 12.4. The summed E-state index contributed by atoms with van der Waals surface area (Å²) in [7, 11) is -3.29. The first-order valence-corrected chi connectivity index (χ1v) is 17.1. The maximum Gasteiger partial charge on any atom is 0.269 e. The molecule has 0 spiro atoms. The van der Waals surface area contributed by atoms with E-state index in [0.717, 1.165) is 16.2 Å². The van der Waals surface area contributed by atoms with Crippen LogP contribution in [-0.2, 0) is 0 Å². The topological polar surface area (TPSA) is 3.01 Å². The Morgan fingerprint density at radius 3 is 2.07 bits per heavy atom. The molecule has 27 heavy (non-hydrogen) atoms. The van der Waals surface area contributed by atoms with Crippen molar-refractivity contribution in [1.82, 2.24) is 3.81 Å². The predicted octanol–water partition coefficient (Wildman–Crippen LogP) is 7.01. The molecule has 0 atom stereocenters. The Morgan fingerprint density at radius 1 is 0.889 bits per heavy atom. The lowest BCUT2D eigenvalue weighted by Gasteiger charge is -2.55. The Balaban J connectivity index is 2.35. The molecular weight excluding hydrogens is 407 g/mol. The fourth-order valence-electron chi connectivity index (χ4n) is 4.65. The molecule has 1 aliphatic rings. The largest absolute Gasteiger partial charge is 0.355 e. The minimum atomic E-state index is -1.65. The Hall–Kier alpha value is -0.916. The molecule has 144 valence electrons. The van der Waals surface area contributed by atoms with Gasteiger partial charge >= 0.3 is 0 Å².